The highest BCUT2D eigenvalue weighted by molar-refractivity contribution is 4.78. The Kier molecular flexibility index (Phi) is 3.85. The van der Waals surface area contributed by atoms with Crippen molar-refractivity contribution in [1.82, 2.24) is 4.90 Å². The van der Waals surface area contributed by atoms with E-state index in [4.69, 9.17) is 0 Å². The van der Waals surface area contributed by atoms with Crippen molar-refractivity contribution in [3.8, 4) is 0 Å². The molecule has 1 nitrogen and oxygen atoms in total. The first-order chi connectivity index (χ1) is 6.14. The van der Waals surface area contributed by atoms with Crippen LogP contribution in [0.4, 0.5) is 8.78 Å². The summed E-state index contributed by atoms with van der Waals surface area (Å²) in [5.74, 6) is -2.41. The van der Waals surface area contributed by atoms with Gasteiger partial charge in [0.05, 0.1) is 0 Å². The van der Waals surface area contributed by atoms with E-state index in [1.807, 2.05) is 6.08 Å². The molecule has 0 atom stereocenters. The lowest BCUT2D eigenvalue weighted by atomic mass is 10.1. The van der Waals surface area contributed by atoms with E-state index in [-0.39, 0.29) is 12.8 Å². The van der Waals surface area contributed by atoms with E-state index in [1.54, 1.807) is 0 Å². The summed E-state index contributed by atoms with van der Waals surface area (Å²) >= 11 is 0. The number of alkyl halides is 2. The van der Waals surface area contributed by atoms with Crippen molar-refractivity contribution in [3.63, 3.8) is 0 Å². The topological polar surface area (TPSA) is 3.24 Å². The largest absolute Gasteiger partial charge is 0.303 e. The van der Waals surface area contributed by atoms with E-state index < -0.39 is 5.92 Å². The van der Waals surface area contributed by atoms with Gasteiger partial charge in [0.1, 0.15) is 0 Å². The van der Waals surface area contributed by atoms with E-state index in [9.17, 15) is 8.78 Å². The summed E-state index contributed by atoms with van der Waals surface area (Å²) in [7, 11) is 0. The van der Waals surface area contributed by atoms with Gasteiger partial charge in [-0.15, -0.1) is 6.58 Å². The number of hydrogen-bond acceptors (Lipinski definition) is 1. The number of likely N-dealkylation sites (tertiary alicyclic amines) is 1. The highest BCUT2D eigenvalue weighted by Gasteiger charge is 2.33. The third kappa shape index (κ3) is 3.85. The fourth-order valence-electron chi connectivity index (χ4n) is 1.56. The average molecular weight is 189 g/mol. The third-order valence-electron chi connectivity index (χ3n) is 2.47. The number of halogens is 2. The van der Waals surface area contributed by atoms with E-state index in [0.717, 1.165) is 19.4 Å². The summed E-state index contributed by atoms with van der Waals surface area (Å²) in [4.78, 5) is 2.11. The minimum absolute atomic E-state index is 0.0289. The molecule has 76 valence electrons. The second-order valence-corrected chi connectivity index (χ2v) is 3.63. The fourth-order valence-corrected chi connectivity index (χ4v) is 1.56. The molecule has 0 amide bonds. The normalized spacial score (nSPS) is 22.9. The predicted molar refractivity (Wildman–Crippen MR) is 50.1 cm³/mol. The van der Waals surface area contributed by atoms with Gasteiger partial charge < -0.3 is 4.90 Å². The van der Waals surface area contributed by atoms with Gasteiger partial charge in [-0.25, -0.2) is 8.78 Å². The van der Waals surface area contributed by atoms with E-state index in [1.165, 1.54) is 0 Å². The highest BCUT2D eigenvalue weighted by Crippen LogP contribution is 2.27. The Morgan fingerprint density at radius 3 is 2.46 bits per heavy atom. The molecule has 0 aromatic carbocycles. The summed E-state index contributed by atoms with van der Waals surface area (Å²) in [6.07, 6.45) is 3.95. The van der Waals surface area contributed by atoms with Crippen molar-refractivity contribution in [1.29, 1.82) is 0 Å². The lowest BCUT2D eigenvalue weighted by molar-refractivity contribution is -0.0551. The van der Waals surface area contributed by atoms with Gasteiger partial charge in [-0.05, 0) is 19.4 Å². The molecule has 0 aliphatic carbocycles. The summed E-state index contributed by atoms with van der Waals surface area (Å²) in [5.41, 5.74) is 0. The van der Waals surface area contributed by atoms with Gasteiger partial charge in [0.2, 0.25) is 0 Å². The van der Waals surface area contributed by atoms with Crippen LogP contribution in [0.5, 0.6) is 0 Å². The summed E-state index contributed by atoms with van der Waals surface area (Å²) in [6.45, 7) is 5.65. The monoisotopic (exact) mass is 189 g/mol. The molecular formula is C10H17F2N. The first-order valence-corrected chi connectivity index (χ1v) is 4.85. The van der Waals surface area contributed by atoms with Crippen molar-refractivity contribution in [2.24, 2.45) is 0 Å². The molecular weight excluding hydrogens is 172 g/mol. The Bertz CT molecular complexity index is 158. The minimum atomic E-state index is -2.41. The van der Waals surface area contributed by atoms with Gasteiger partial charge in [0.15, 0.2) is 0 Å². The second-order valence-electron chi connectivity index (χ2n) is 3.63. The molecule has 0 aromatic heterocycles. The smallest absolute Gasteiger partial charge is 0.250 e. The Morgan fingerprint density at radius 1 is 1.31 bits per heavy atom. The molecule has 0 unspecified atom stereocenters. The molecule has 1 fully saturated rings. The standard InChI is InChI=1S/C10H17F2N/c1-2-3-4-7-13-8-5-10(11,12)6-9-13/h2H,1,3-9H2. The van der Waals surface area contributed by atoms with E-state index in [2.05, 4.69) is 11.5 Å². The van der Waals surface area contributed by atoms with Crippen LogP contribution < -0.4 is 0 Å². The van der Waals surface area contributed by atoms with Crippen molar-refractivity contribution in [2.45, 2.75) is 31.6 Å². The Hall–Kier alpha value is -0.440. The van der Waals surface area contributed by atoms with Gasteiger partial charge >= 0.3 is 0 Å². The SMILES string of the molecule is C=CCCCN1CCC(F)(F)CC1. The zero-order valence-electron chi connectivity index (χ0n) is 7.94. The summed E-state index contributed by atoms with van der Waals surface area (Å²) in [5, 5.41) is 0. The molecule has 0 N–H and O–H groups in total. The van der Waals surface area contributed by atoms with Crippen LogP contribution >= 0.6 is 0 Å². The summed E-state index contributed by atoms with van der Waals surface area (Å²) < 4.78 is 25.4. The first-order valence-electron chi connectivity index (χ1n) is 4.85. The fraction of sp³-hybridized carbons (Fsp3) is 0.800. The minimum Gasteiger partial charge on any atom is -0.303 e. The number of nitrogens with zero attached hydrogens (tertiary/aromatic N) is 1. The average Bonchev–Trinajstić information content (AvgIpc) is 2.08. The number of unbranched alkanes of at least 4 members (excludes halogenated alkanes) is 1. The van der Waals surface area contributed by atoms with Crippen LogP contribution in [-0.4, -0.2) is 30.5 Å². The molecule has 1 saturated heterocycles. The van der Waals surface area contributed by atoms with Gasteiger partial charge in [-0.1, -0.05) is 6.08 Å². The lowest BCUT2D eigenvalue weighted by Crippen LogP contribution is -2.39. The molecule has 1 rings (SSSR count). The summed E-state index contributed by atoms with van der Waals surface area (Å²) in [6, 6.07) is 0. The number of allylic oxidation sites excluding steroid dienone is 1. The van der Waals surface area contributed by atoms with Gasteiger partial charge in [-0.2, -0.15) is 0 Å². The lowest BCUT2D eigenvalue weighted by Gasteiger charge is -2.31. The van der Waals surface area contributed by atoms with Crippen molar-refractivity contribution < 1.29 is 8.78 Å². The number of piperidine rings is 1. The molecule has 0 bridgehead atoms. The van der Waals surface area contributed by atoms with Gasteiger partial charge in [-0.3, -0.25) is 0 Å². The van der Waals surface area contributed by atoms with Crippen LogP contribution in [0.15, 0.2) is 12.7 Å². The third-order valence-corrected chi connectivity index (χ3v) is 2.47. The van der Waals surface area contributed by atoms with Gasteiger partial charge in [0, 0.05) is 25.9 Å². The molecule has 0 aromatic rings. The van der Waals surface area contributed by atoms with Crippen LogP contribution in [0.25, 0.3) is 0 Å². The van der Waals surface area contributed by atoms with E-state index in [0.29, 0.717) is 13.1 Å². The highest BCUT2D eigenvalue weighted by atomic mass is 19.3. The Balaban J connectivity index is 2.14. The molecule has 0 spiro atoms. The maximum absolute atomic E-state index is 12.7. The Morgan fingerprint density at radius 2 is 1.92 bits per heavy atom. The molecule has 13 heavy (non-hydrogen) atoms. The van der Waals surface area contributed by atoms with Crippen LogP contribution in [0.2, 0.25) is 0 Å². The maximum atomic E-state index is 12.7. The molecule has 0 saturated carbocycles. The molecule has 0 radical (unpaired) electrons. The first kappa shape index (κ1) is 10.6. The second kappa shape index (κ2) is 4.70. The van der Waals surface area contributed by atoms with Crippen LogP contribution in [-0.2, 0) is 0 Å². The van der Waals surface area contributed by atoms with Gasteiger partial charge in [0.25, 0.3) is 5.92 Å². The quantitative estimate of drug-likeness (QED) is 0.485. The van der Waals surface area contributed by atoms with Crippen molar-refractivity contribution >= 4 is 0 Å². The molecule has 3 heteroatoms. The van der Waals surface area contributed by atoms with Crippen molar-refractivity contribution in [3.05, 3.63) is 12.7 Å². The van der Waals surface area contributed by atoms with Crippen LogP contribution in [0, 0.1) is 0 Å². The molecule has 1 heterocycles. The number of hydrogen-bond donors (Lipinski definition) is 0. The van der Waals surface area contributed by atoms with E-state index >= 15 is 0 Å². The number of rotatable bonds is 4. The molecule has 1 aliphatic rings. The Labute approximate surface area is 78.4 Å². The zero-order valence-corrected chi connectivity index (χ0v) is 7.94. The van der Waals surface area contributed by atoms with Crippen LogP contribution in [0.1, 0.15) is 25.7 Å². The predicted octanol–water partition coefficient (Wildman–Crippen LogP) is 2.68. The van der Waals surface area contributed by atoms with Crippen LogP contribution in [0.3, 0.4) is 0 Å². The zero-order chi connectivity index (χ0) is 9.73. The van der Waals surface area contributed by atoms with Crippen molar-refractivity contribution in [2.75, 3.05) is 19.6 Å². The maximum Gasteiger partial charge on any atom is 0.250 e. The molecule has 1 aliphatic heterocycles.